The monoisotopic (exact) mass is 280 g/mol. The summed E-state index contributed by atoms with van der Waals surface area (Å²) in [5.74, 6) is 1.04. The van der Waals surface area contributed by atoms with Gasteiger partial charge in [-0.05, 0) is 32.1 Å². The van der Waals surface area contributed by atoms with E-state index in [0.29, 0.717) is 0 Å². The summed E-state index contributed by atoms with van der Waals surface area (Å²) >= 11 is 0. The van der Waals surface area contributed by atoms with E-state index < -0.39 is 0 Å². The van der Waals surface area contributed by atoms with Gasteiger partial charge in [-0.25, -0.2) is 0 Å². The van der Waals surface area contributed by atoms with Gasteiger partial charge in [0.05, 0.1) is 19.6 Å². The summed E-state index contributed by atoms with van der Waals surface area (Å²) < 4.78 is 0. The van der Waals surface area contributed by atoms with Crippen molar-refractivity contribution in [1.29, 1.82) is 5.26 Å². The van der Waals surface area contributed by atoms with Gasteiger partial charge in [-0.3, -0.25) is 0 Å². The van der Waals surface area contributed by atoms with Crippen molar-refractivity contribution < 1.29 is 4.90 Å². The average Bonchev–Trinajstić information content (AvgIpc) is 2.49. The van der Waals surface area contributed by atoms with Crippen molar-refractivity contribution in [2.75, 3.05) is 19.6 Å². The predicted molar refractivity (Wildman–Crippen MR) is 86.2 cm³/mol. The third-order valence-corrected chi connectivity index (χ3v) is 4.55. The SMILES string of the molecule is CCCCCCCCC[NH+]1CCCC(CCC)C1.[C-]#N. The minimum Gasteiger partial charge on any atom is -0.512 e. The molecule has 0 aromatic heterocycles. The van der Waals surface area contributed by atoms with E-state index in [9.17, 15) is 0 Å². The molecule has 0 aromatic rings. The van der Waals surface area contributed by atoms with Gasteiger partial charge in [0.2, 0.25) is 0 Å². The van der Waals surface area contributed by atoms with Crippen LogP contribution in [0.5, 0.6) is 0 Å². The number of piperidine rings is 1. The highest BCUT2D eigenvalue weighted by Crippen LogP contribution is 2.13. The highest BCUT2D eigenvalue weighted by atomic mass is 15.1. The molecule has 1 rings (SSSR count). The first kappa shape index (κ1) is 19.4. The highest BCUT2D eigenvalue weighted by molar-refractivity contribution is 4.61. The Hall–Kier alpha value is -0.550. The molecule has 1 aliphatic heterocycles. The van der Waals surface area contributed by atoms with E-state index in [1.54, 1.807) is 0 Å². The van der Waals surface area contributed by atoms with E-state index in [1.807, 2.05) is 4.90 Å². The lowest BCUT2D eigenvalue weighted by atomic mass is 9.93. The van der Waals surface area contributed by atoms with Crippen molar-refractivity contribution in [3.8, 4) is 0 Å². The number of unbranched alkanes of at least 4 members (excludes halogenated alkanes) is 6. The topological polar surface area (TPSA) is 28.2 Å². The van der Waals surface area contributed by atoms with Crippen LogP contribution in [0.2, 0.25) is 0 Å². The maximum absolute atomic E-state index is 6.25. The first-order valence-corrected chi connectivity index (χ1v) is 8.92. The van der Waals surface area contributed by atoms with Crippen LogP contribution < -0.4 is 4.90 Å². The molecule has 0 aliphatic carbocycles. The molecule has 0 aromatic carbocycles. The molecule has 1 fully saturated rings. The molecule has 0 spiro atoms. The average molecular weight is 280 g/mol. The summed E-state index contributed by atoms with van der Waals surface area (Å²) in [5, 5.41) is 6.25. The Balaban J connectivity index is 0.00000172. The van der Waals surface area contributed by atoms with Crippen LogP contribution in [0.3, 0.4) is 0 Å². The maximum Gasteiger partial charge on any atom is 0.0799 e. The van der Waals surface area contributed by atoms with Crippen LogP contribution in [0.15, 0.2) is 0 Å². The lowest BCUT2D eigenvalue weighted by Crippen LogP contribution is -3.13. The zero-order chi connectivity index (χ0) is 15.1. The molecule has 0 bridgehead atoms. The molecular weight excluding hydrogens is 244 g/mol. The standard InChI is InChI=1S/C17H35N.CN/c1-3-5-6-7-8-9-10-14-18-15-11-13-17(16-18)12-4-2;1-2/h17H,3-16H2,1-2H3;/q;-1/p+1. The van der Waals surface area contributed by atoms with Crippen LogP contribution in [0.1, 0.15) is 84.5 Å². The van der Waals surface area contributed by atoms with Gasteiger partial charge in [0.1, 0.15) is 0 Å². The number of hydrogen-bond donors (Lipinski definition) is 1. The van der Waals surface area contributed by atoms with Crippen molar-refractivity contribution in [1.82, 2.24) is 0 Å². The van der Waals surface area contributed by atoms with Gasteiger partial charge >= 0.3 is 0 Å². The molecular formula is C18H36N2. The minimum atomic E-state index is 1.04. The fourth-order valence-corrected chi connectivity index (χ4v) is 3.47. The first-order chi connectivity index (χ1) is 9.86. The molecule has 2 unspecified atom stereocenters. The van der Waals surface area contributed by atoms with Crippen LogP contribution in [0.4, 0.5) is 0 Å². The number of nitrogens with one attached hydrogen (secondary N) is 1. The molecule has 2 atom stereocenters. The third kappa shape index (κ3) is 10.3. The van der Waals surface area contributed by atoms with Crippen molar-refractivity contribution in [3.63, 3.8) is 0 Å². The summed E-state index contributed by atoms with van der Waals surface area (Å²) in [7, 11) is 0. The highest BCUT2D eigenvalue weighted by Gasteiger charge is 2.21. The fourth-order valence-electron chi connectivity index (χ4n) is 3.47. The smallest absolute Gasteiger partial charge is 0.0799 e. The Morgan fingerprint density at radius 1 is 0.950 bits per heavy atom. The van der Waals surface area contributed by atoms with Crippen molar-refractivity contribution in [3.05, 3.63) is 6.57 Å². The van der Waals surface area contributed by atoms with Crippen LogP contribution in [0.25, 0.3) is 0 Å². The Bertz CT molecular complexity index is 211. The maximum atomic E-state index is 6.25. The van der Waals surface area contributed by atoms with E-state index in [0.717, 1.165) is 5.92 Å². The van der Waals surface area contributed by atoms with Crippen molar-refractivity contribution in [2.45, 2.75) is 84.5 Å². The lowest BCUT2D eigenvalue weighted by molar-refractivity contribution is -0.909. The number of rotatable bonds is 10. The summed E-state index contributed by atoms with van der Waals surface area (Å²) in [6, 6.07) is 0. The Kier molecular flexibility index (Phi) is 14.4. The van der Waals surface area contributed by atoms with Gasteiger partial charge < -0.3 is 16.7 Å². The van der Waals surface area contributed by atoms with Crippen LogP contribution in [0, 0.1) is 17.8 Å². The van der Waals surface area contributed by atoms with E-state index in [2.05, 4.69) is 13.8 Å². The van der Waals surface area contributed by atoms with E-state index >= 15 is 0 Å². The van der Waals surface area contributed by atoms with E-state index in [1.165, 1.54) is 90.3 Å². The number of likely N-dealkylation sites (tertiary alicyclic amines) is 1. The van der Waals surface area contributed by atoms with Gasteiger partial charge in [0.25, 0.3) is 0 Å². The van der Waals surface area contributed by atoms with Gasteiger partial charge in [-0.1, -0.05) is 52.4 Å². The Labute approximate surface area is 127 Å². The van der Waals surface area contributed by atoms with Crippen LogP contribution >= 0.6 is 0 Å². The quantitative estimate of drug-likeness (QED) is 0.476. The van der Waals surface area contributed by atoms with Gasteiger partial charge in [-0.15, -0.1) is 0 Å². The van der Waals surface area contributed by atoms with Crippen molar-refractivity contribution >= 4 is 0 Å². The van der Waals surface area contributed by atoms with Gasteiger partial charge in [0.15, 0.2) is 0 Å². The second kappa shape index (κ2) is 14.9. The largest absolute Gasteiger partial charge is 0.512 e. The Morgan fingerprint density at radius 3 is 2.25 bits per heavy atom. The number of quaternary nitrogens is 1. The van der Waals surface area contributed by atoms with Crippen molar-refractivity contribution in [2.24, 2.45) is 5.92 Å². The lowest BCUT2D eigenvalue weighted by Gasteiger charge is -2.29. The molecule has 1 N–H and O–H groups in total. The first-order valence-electron chi connectivity index (χ1n) is 8.92. The number of hydrogen-bond acceptors (Lipinski definition) is 1. The molecule has 2 heteroatoms. The summed E-state index contributed by atoms with van der Waals surface area (Å²) in [6.07, 6.45) is 16.0. The molecule has 0 radical (unpaired) electrons. The molecule has 0 saturated carbocycles. The second-order valence-corrected chi connectivity index (χ2v) is 6.37. The minimum absolute atomic E-state index is 1.04. The Morgan fingerprint density at radius 2 is 1.60 bits per heavy atom. The molecule has 0 amide bonds. The van der Waals surface area contributed by atoms with Gasteiger partial charge in [0, 0.05) is 5.92 Å². The summed E-state index contributed by atoms with van der Waals surface area (Å²) in [4.78, 5) is 1.91. The third-order valence-electron chi connectivity index (χ3n) is 4.55. The van der Waals surface area contributed by atoms with Gasteiger partial charge in [-0.2, -0.15) is 0 Å². The molecule has 1 aliphatic rings. The molecule has 1 saturated heterocycles. The predicted octanol–water partition coefficient (Wildman–Crippen LogP) is 3.93. The zero-order valence-electron chi connectivity index (χ0n) is 13.9. The zero-order valence-corrected chi connectivity index (χ0v) is 13.9. The number of nitrogens with zero attached hydrogens (tertiary/aromatic N) is 1. The van der Waals surface area contributed by atoms with Crippen LogP contribution in [-0.2, 0) is 0 Å². The molecule has 2 nitrogen and oxygen atoms in total. The normalized spacial score (nSPS) is 22.0. The molecule has 20 heavy (non-hydrogen) atoms. The molecule has 1 heterocycles. The van der Waals surface area contributed by atoms with E-state index in [-0.39, 0.29) is 0 Å². The van der Waals surface area contributed by atoms with E-state index in [4.69, 9.17) is 11.8 Å². The van der Waals surface area contributed by atoms with Crippen LogP contribution in [-0.4, -0.2) is 19.6 Å². The summed E-state index contributed by atoms with van der Waals surface area (Å²) in [6.45, 7) is 13.8. The fraction of sp³-hybridized carbons (Fsp3) is 0.944. The second-order valence-electron chi connectivity index (χ2n) is 6.37. The summed E-state index contributed by atoms with van der Waals surface area (Å²) in [5.41, 5.74) is 0. The molecule has 118 valence electrons.